The zero-order valence-electron chi connectivity index (χ0n) is 15.8. The molecule has 2 aromatic rings. The lowest BCUT2D eigenvalue weighted by molar-refractivity contribution is -0.0610. The van der Waals surface area contributed by atoms with Crippen LogP contribution in [-0.2, 0) is 0 Å². The lowest BCUT2D eigenvalue weighted by Crippen LogP contribution is -2.54. The van der Waals surface area contributed by atoms with E-state index in [9.17, 15) is 10.4 Å². The molecule has 2 aromatic carbocycles. The predicted molar refractivity (Wildman–Crippen MR) is 106 cm³/mol. The molecule has 0 saturated heterocycles. The summed E-state index contributed by atoms with van der Waals surface area (Å²) in [4.78, 5) is 3.77. The van der Waals surface area contributed by atoms with E-state index in [1.165, 1.54) is 0 Å². The molecule has 3 rings (SSSR count). The Labute approximate surface area is 168 Å². The van der Waals surface area contributed by atoms with Gasteiger partial charge < -0.3 is 20.5 Å². The van der Waals surface area contributed by atoms with Crippen LogP contribution in [0.25, 0.3) is 0 Å². The number of hydrogen-bond donors (Lipinski definition) is 3. The second kappa shape index (κ2) is 7.90. The Hall–Kier alpha value is -4.06. The molecule has 0 bridgehead atoms. The lowest BCUT2D eigenvalue weighted by atomic mass is 9.86. The van der Waals surface area contributed by atoms with E-state index in [1.54, 1.807) is 62.5 Å². The summed E-state index contributed by atoms with van der Waals surface area (Å²) in [5.41, 5.74) is 1.21. The molecule has 0 fully saturated rings. The molecule has 0 aliphatic carbocycles. The zero-order valence-corrected chi connectivity index (χ0v) is 15.8. The Morgan fingerprint density at radius 1 is 1.07 bits per heavy atom. The molecule has 2 atom stereocenters. The van der Waals surface area contributed by atoms with Crippen molar-refractivity contribution in [2.45, 2.75) is 31.6 Å². The third kappa shape index (κ3) is 4.11. The van der Waals surface area contributed by atoms with Gasteiger partial charge in [-0.15, -0.1) is 4.99 Å². The van der Waals surface area contributed by atoms with Crippen molar-refractivity contribution in [2.75, 3.05) is 5.32 Å². The maximum absolute atomic E-state index is 10.9. The molecule has 1 aliphatic rings. The first-order valence-corrected chi connectivity index (χ1v) is 8.79. The van der Waals surface area contributed by atoms with Crippen LogP contribution in [0.4, 0.5) is 5.69 Å². The minimum Gasteiger partial charge on any atom is -0.485 e. The minimum absolute atomic E-state index is 0.118. The SMILES string of the molecule is CC1(C)Oc2ccc(C#N)cc2[C@H](NC(=NC#N)Nc2ccc(C#N)cc2)[C@H]1O. The molecule has 1 aliphatic heterocycles. The number of aliphatic hydroxyl groups excluding tert-OH is 1. The molecular weight excluding hydrogens is 368 g/mol. The summed E-state index contributed by atoms with van der Waals surface area (Å²) < 4.78 is 5.89. The standard InChI is InChI=1S/C21H18N6O2/c1-21(2)19(28)18(16-9-14(11-23)5-8-17(16)29-21)27-20(25-12-24)26-15-6-3-13(10-22)4-7-15/h3-9,18-19,28H,1-2H3,(H2,25,26,27)/t18-,19+/m0/s1. The highest BCUT2D eigenvalue weighted by Crippen LogP contribution is 2.40. The van der Waals surface area contributed by atoms with Gasteiger partial charge >= 0.3 is 0 Å². The van der Waals surface area contributed by atoms with E-state index in [0.717, 1.165) is 0 Å². The quantitative estimate of drug-likeness (QED) is 0.410. The molecule has 144 valence electrons. The number of nitrogens with one attached hydrogen (secondary N) is 2. The summed E-state index contributed by atoms with van der Waals surface area (Å²) in [5, 5.41) is 44.1. The Morgan fingerprint density at radius 3 is 2.34 bits per heavy atom. The minimum atomic E-state index is -0.990. The summed E-state index contributed by atoms with van der Waals surface area (Å²) in [5.74, 6) is 0.652. The van der Waals surface area contributed by atoms with Crippen LogP contribution in [0.5, 0.6) is 5.75 Å². The van der Waals surface area contributed by atoms with E-state index in [0.29, 0.717) is 28.1 Å². The van der Waals surface area contributed by atoms with Crippen molar-refractivity contribution in [2.24, 2.45) is 4.99 Å². The van der Waals surface area contributed by atoms with Crippen molar-refractivity contribution in [3.05, 3.63) is 59.2 Å². The van der Waals surface area contributed by atoms with E-state index >= 15 is 0 Å². The monoisotopic (exact) mass is 386 g/mol. The van der Waals surface area contributed by atoms with Gasteiger partial charge in [0.1, 0.15) is 17.5 Å². The number of ether oxygens (including phenoxy) is 1. The second-order valence-corrected chi connectivity index (χ2v) is 7.01. The molecule has 0 amide bonds. The number of nitrogens with zero attached hydrogens (tertiary/aromatic N) is 4. The van der Waals surface area contributed by atoms with Crippen molar-refractivity contribution >= 4 is 11.6 Å². The highest BCUT2D eigenvalue weighted by molar-refractivity contribution is 5.94. The first-order valence-electron chi connectivity index (χ1n) is 8.79. The van der Waals surface area contributed by atoms with Gasteiger partial charge in [0, 0.05) is 11.3 Å². The smallest absolute Gasteiger partial charge is 0.212 e. The van der Waals surface area contributed by atoms with Gasteiger partial charge in [-0.2, -0.15) is 15.8 Å². The Morgan fingerprint density at radius 2 is 1.72 bits per heavy atom. The number of benzene rings is 2. The van der Waals surface area contributed by atoms with Crippen molar-refractivity contribution < 1.29 is 9.84 Å². The van der Waals surface area contributed by atoms with Gasteiger partial charge in [0.2, 0.25) is 12.2 Å². The van der Waals surface area contributed by atoms with Crippen molar-refractivity contribution in [1.82, 2.24) is 5.32 Å². The fraction of sp³-hybridized carbons (Fsp3) is 0.238. The van der Waals surface area contributed by atoms with Crippen LogP contribution in [0.1, 0.15) is 36.6 Å². The second-order valence-electron chi connectivity index (χ2n) is 7.01. The van der Waals surface area contributed by atoms with Gasteiger partial charge in [0.05, 0.1) is 29.3 Å². The van der Waals surface area contributed by atoms with E-state index in [4.69, 9.17) is 15.3 Å². The summed E-state index contributed by atoms with van der Waals surface area (Å²) in [6.07, 6.45) is 0.737. The number of aliphatic hydroxyl groups is 1. The van der Waals surface area contributed by atoms with E-state index in [1.807, 2.05) is 6.07 Å². The van der Waals surface area contributed by atoms with Gasteiger partial charge in [-0.25, -0.2) is 0 Å². The van der Waals surface area contributed by atoms with Crippen LogP contribution in [0.2, 0.25) is 0 Å². The molecule has 8 heteroatoms. The molecule has 0 saturated carbocycles. The van der Waals surface area contributed by atoms with Crippen molar-refractivity contribution in [3.63, 3.8) is 0 Å². The van der Waals surface area contributed by atoms with Crippen LogP contribution in [0, 0.1) is 34.1 Å². The number of fused-ring (bicyclic) bond motifs is 1. The first-order chi connectivity index (χ1) is 13.9. The molecule has 0 radical (unpaired) electrons. The molecule has 0 spiro atoms. The van der Waals surface area contributed by atoms with Crippen LogP contribution in [0.3, 0.4) is 0 Å². The topological polar surface area (TPSA) is 137 Å². The maximum atomic E-state index is 10.9. The lowest BCUT2D eigenvalue weighted by Gasteiger charge is -2.42. The Bertz CT molecular complexity index is 1070. The van der Waals surface area contributed by atoms with Crippen LogP contribution >= 0.6 is 0 Å². The van der Waals surface area contributed by atoms with Crippen LogP contribution < -0.4 is 15.4 Å². The molecule has 29 heavy (non-hydrogen) atoms. The third-order valence-corrected chi connectivity index (χ3v) is 4.61. The number of nitriles is 3. The van der Waals surface area contributed by atoms with Crippen molar-refractivity contribution in [3.8, 4) is 24.1 Å². The fourth-order valence-corrected chi connectivity index (χ4v) is 3.08. The third-order valence-electron chi connectivity index (χ3n) is 4.61. The van der Waals surface area contributed by atoms with Crippen LogP contribution in [-0.4, -0.2) is 22.8 Å². The van der Waals surface area contributed by atoms with Crippen molar-refractivity contribution in [1.29, 1.82) is 15.8 Å². The zero-order chi connectivity index (χ0) is 21.0. The summed E-state index contributed by atoms with van der Waals surface area (Å²) >= 11 is 0. The summed E-state index contributed by atoms with van der Waals surface area (Å²) in [6, 6.07) is 15.0. The Kier molecular flexibility index (Phi) is 5.36. The molecular formula is C21H18N6O2. The van der Waals surface area contributed by atoms with Gasteiger partial charge in [-0.3, -0.25) is 0 Å². The number of rotatable bonds is 2. The van der Waals surface area contributed by atoms with E-state index in [2.05, 4.69) is 21.7 Å². The van der Waals surface area contributed by atoms with E-state index in [-0.39, 0.29) is 5.96 Å². The number of aliphatic imine (C=N–C) groups is 1. The summed E-state index contributed by atoms with van der Waals surface area (Å²) in [7, 11) is 0. The molecule has 0 unspecified atom stereocenters. The highest BCUT2D eigenvalue weighted by Gasteiger charge is 2.43. The average Bonchev–Trinajstić information content (AvgIpc) is 2.71. The summed E-state index contributed by atoms with van der Waals surface area (Å²) in [6.45, 7) is 3.51. The van der Waals surface area contributed by atoms with Gasteiger partial charge in [0.25, 0.3) is 0 Å². The maximum Gasteiger partial charge on any atom is 0.212 e. The average molecular weight is 386 g/mol. The van der Waals surface area contributed by atoms with Gasteiger partial charge in [0.15, 0.2) is 0 Å². The number of hydrogen-bond acceptors (Lipinski definition) is 6. The highest BCUT2D eigenvalue weighted by atomic mass is 16.5. The predicted octanol–water partition coefficient (Wildman–Crippen LogP) is 2.54. The van der Waals surface area contributed by atoms with Crippen LogP contribution in [0.15, 0.2) is 47.5 Å². The van der Waals surface area contributed by atoms with Gasteiger partial charge in [-0.05, 0) is 56.3 Å². The largest absolute Gasteiger partial charge is 0.485 e. The van der Waals surface area contributed by atoms with E-state index < -0.39 is 17.7 Å². The number of anilines is 1. The van der Waals surface area contributed by atoms with Gasteiger partial charge in [-0.1, -0.05) is 0 Å². The Balaban J connectivity index is 1.94. The number of guanidine groups is 1. The molecule has 3 N–H and O–H groups in total. The molecule has 0 aromatic heterocycles. The molecule has 1 heterocycles. The molecule has 8 nitrogen and oxygen atoms in total. The normalized spacial score (nSPS) is 19.5. The fourth-order valence-electron chi connectivity index (χ4n) is 3.08. The first kappa shape index (κ1) is 19.7.